The fraction of sp³-hybridized carbons (Fsp3) is 0.444. The molecule has 1 aromatic carbocycles. The zero-order valence-corrected chi connectivity index (χ0v) is 17.4. The Bertz CT molecular complexity index is 1230. The van der Waals surface area contributed by atoms with Crippen LogP contribution in [0.15, 0.2) is 27.9 Å². The van der Waals surface area contributed by atoms with Crippen molar-refractivity contribution in [2.45, 2.75) is 43.4 Å². The minimum Gasteiger partial charge on any atom is -0.493 e. The molecule has 0 amide bonds. The molecular weight excluding hydrogens is 412 g/mol. The molecule has 1 fully saturated rings. The summed E-state index contributed by atoms with van der Waals surface area (Å²) in [7, 11) is -2.71. The molecule has 0 spiro atoms. The largest absolute Gasteiger partial charge is 0.493 e. The van der Waals surface area contributed by atoms with Crippen LogP contribution < -0.4 is 15.2 Å². The number of nitrogens with zero attached hydrogens (tertiary/aromatic N) is 4. The van der Waals surface area contributed by atoms with E-state index in [0.29, 0.717) is 23.7 Å². The molecule has 0 atom stereocenters. The summed E-state index contributed by atoms with van der Waals surface area (Å²) in [4.78, 5) is 21.8. The van der Waals surface area contributed by atoms with Crippen LogP contribution in [0, 0.1) is 0 Å². The van der Waals surface area contributed by atoms with E-state index < -0.39 is 15.6 Å². The Balaban J connectivity index is 1.89. The number of H-pyrrole nitrogens is 1. The van der Waals surface area contributed by atoms with Gasteiger partial charge in [-0.25, -0.2) is 8.42 Å². The topological polar surface area (TPSA) is 141 Å². The second-order valence-corrected chi connectivity index (χ2v) is 8.60. The van der Waals surface area contributed by atoms with E-state index >= 15 is 0 Å². The first kappa shape index (κ1) is 20.4. The van der Waals surface area contributed by atoms with E-state index in [-0.39, 0.29) is 22.3 Å². The minimum atomic E-state index is -3.91. The molecule has 30 heavy (non-hydrogen) atoms. The smallest absolute Gasteiger partial charge is 0.296 e. The van der Waals surface area contributed by atoms with Crippen molar-refractivity contribution < 1.29 is 18.0 Å². The fourth-order valence-corrected chi connectivity index (χ4v) is 4.52. The zero-order valence-electron chi connectivity index (χ0n) is 16.6. The maximum Gasteiger partial charge on any atom is 0.296 e. The van der Waals surface area contributed by atoms with Crippen LogP contribution in [0.25, 0.3) is 17.0 Å². The van der Waals surface area contributed by atoms with Gasteiger partial charge in [-0.05, 0) is 38.0 Å². The first-order valence-corrected chi connectivity index (χ1v) is 11.1. The lowest BCUT2D eigenvalue weighted by atomic mass is 10.1. The summed E-state index contributed by atoms with van der Waals surface area (Å²) in [5.74, 6) is 1.36. The third-order valence-electron chi connectivity index (χ3n) is 5.03. The van der Waals surface area contributed by atoms with Crippen molar-refractivity contribution in [3.05, 3.63) is 34.4 Å². The van der Waals surface area contributed by atoms with Crippen LogP contribution in [0.5, 0.6) is 5.75 Å². The molecule has 160 valence electrons. The van der Waals surface area contributed by atoms with Crippen LogP contribution in [-0.2, 0) is 14.9 Å². The van der Waals surface area contributed by atoms with Gasteiger partial charge in [0.1, 0.15) is 5.75 Å². The first-order valence-electron chi connectivity index (χ1n) is 9.62. The Kier molecular flexibility index (Phi) is 5.54. The molecule has 2 N–H and O–H groups in total. The minimum absolute atomic E-state index is 0.0645. The number of aromatic nitrogens is 5. The van der Waals surface area contributed by atoms with Crippen molar-refractivity contribution in [1.29, 1.82) is 0 Å². The van der Waals surface area contributed by atoms with Gasteiger partial charge in [-0.3, -0.25) is 9.63 Å². The summed E-state index contributed by atoms with van der Waals surface area (Å²) < 4.78 is 31.8. The maximum atomic E-state index is 12.6. The Hall–Kier alpha value is -2.83. The van der Waals surface area contributed by atoms with Gasteiger partial charge in [-0.2, -0.15) is 4.52 Å². The molecule has 1 saturated carbocycles. The normalized spacial score (nSPS) is 15.1. The van der Waals surface area contributed by atoms with Gasteiger partial charge in [-0.1, -0.05) is 17.7 Å². The van der Waals surface area contributed by atoms with E-state index in [1.807, 2.05) is 4.89 Å². The first-order chi connectivity index (χ1) is 14.4. The summed E-state index contributed by atoms with van der Waals surface area (Å²) in [6, 6.07) is 4.27. The summed E-state index contributed by atoms with van der Waals surface area (Å²) in [6.45, 7) is 2.15. The van der Waals surface area contributed by atoms with Crippen LogP contribution >= 0.6 is 0 Å². The van der Waals surface area contributed by atoms with Crippen LogP contribution in [0.4, 0.5) is 0 Å². The third-order valence-corrected chi connectivity index (χ3v) is 6.29. The lowest BCUT2D eigenvalue weighted by Gasteiger charge is -2.13. The number of benzene rings is 1. The average Bonchev–Trinajstić information content (AvgIpc) is 3.38. The van der Waals surface area contributed by atoms with Gasteiger partial charge in [0.15, 0.2) is 11.6 Å². The predicted molar refractivity (Wildman–Crippen MR) is 107 cm³/mol. The fourth-order valence-electron chi connectivity index (χ4n) is 3.68. The van der Waals surface area contributed by atoms with Crippen LogP contribution in [0.2, 0.25) is 0 Å². The molecule has 11 nitrogen and oxygen atoms in total. The molecular formula is C18H22N6O5S. The van der Waals surface area contributed by atoms with Crippen molar-refractivity contribution in [2.24, 2.45) is 0 Å². The van der Waals surface area contributed by atoms with E-state index in [9.17, 15) is 13.2 Å². The predicted octanol–water partition coefficient (Wildman–Crippen LogP) is 1.38. The molecule has 3 aromatic rings. The highest BCUT2D eigenvalue weighted by Crippen LogP contribution is 2.33. The quantitative estimate of drug-likeness (QED) is 0.531. The Morgan fingerprint density at radius 1 is 1.27 bits per heavy atom. The van der Waals surface area contributed by atoms with Crippen molar-refractivity contribution >= 4 is 15.7 Å². The van der Waals surface area contributed by atoms with Crippen molar-refractivity contribution in [1.82, 2.24) is 29.7 Å². The SMILES string of the molecule is CCOc1ccc(S(=O)(=O)NOC)cc1-c1nn2c(C3CCCC3)nnc2c(=O)[nH]1. The van der Waals surface area contributed by atoms with E-state index in [0.717, 1.165) is 25.7 Å². The maximum absolute atomic E-state index is 12.6. The van der Waals surface area contributed by atoms with Crippen molar-refractivity contribution in [3.63, 3.8) is 0 Å². The summed E-state index contributed by atoms with van der Waals surface area (Å²) in [5, 5.41) is 12.7. The van der Waals surface area contributed by atoms with Crippen LogP contribution in [-0.4, -0.2) is 46.9 Å². The number of aromatic amines is 1. The van der Waals surface area contributed by atoms with Crippen LogP contribution in [0.1, 0.15) is 44.3 Å². The molecule has 1 aliphatic carbocycles. The highest BCUT2D eigenvalue weighted by molar-refractivity contribution is 7.89. The highest BCUT2D eigenvalue weighted by atomic mass is 32.2. The van der Waals surface area contributed by atoms with E-state index in [2.05, 4.69) is 25.1 Å². The molecule has 1 aliphatic rings. The number of hydrogen-bond donors (Lipinski definition) is 2. The van der Waals surface area contributed by atoms with Crippen molar-refractivity contribution in [2.75, 3.05) is 13.7 Å². The van der Waals surface area contributed by atoms with E-state index in [1.165, 1.54) is 29.8 Å². The number of nitrogens with one attached hydrogen (secondary N) is 2. The molecule has 2 aromatic heterocycles. The number of hydrogen-bond acceptors (Lipinski definition) is 8. The number of sulfonamides is 1. The third kappa shape index (κ3) is 3.68. The zero-order chi connectivity index (χ0) is 21.3. The Labute approximate surface area is 172 Å². The van der Waals surface area contributed by atoms with Gasteiger partial charge >= 0.3 is 0 Å². The molecule has 0 radical (unpaired) electrons. The molecule has 0 bridgehead atoms. The second kappa shape index (κ2) is 8.13. The molecule has 12 heteroatoms. The lowest BCUT2D eigenvalue weighted by molar-refractivity contribution is 0.153. The van der Waals surface area contributed by atoms with Gasteiger partial charge in [0.25, 0.3) is 15.6 Å². The van der Waals surface area contributed by atoms with Gasteiger partial charge in [0, 0.05) is 5.92 Å². The standard InChI is InChI=1S/C18H22N6O5S/c1-3-29-14-9-8-12(30(26,27)23-28-2)10-13(14)15-19-18(25)17-21-20-16(24(17)22-15)11-6-4-5-7-11/h8-11,23H,3-7H2,1-2H3,(H,19,22,25). The summed E-state index contributed by atoms with van der Waals surface area (Å²) in [6.07, 6.45) is 4.11. The highest BCUT2D eigenvalue weighted by Gasteiger charge is 2.25. The van der Waals surface area contributed by atoms with Gasteiger partial charge in [-0.15, -0.1) is 15.3 Å². The monoisotopic (exact) mass is 434 g/mol. The Morgan fingerprint density at radius 3 is 2.73 bits per heavy atom. The molecule has 0 aliphatic heterocycles. The number of ether oxygens (including phenoxy) is 1. The van der Waals surface area contributed by atoms with Gasteiger partial charge in [0.05, 0.1) is 24.2 Å². The number of rotatable bonds is 7. The number of fused-ring (bicyclic) bond motifs is 1. The molecule has 4 rings (SSSR count). The lowest BCUT2D eigenvalue weighted by Crippen LogP contribution is -2.22. The summed E-state index contributed by atoms with van der Waals surface area (Å²) >= 11 is 0. The average molecular weight is 434 g/mol. The van der Waals surface area contributed by atoms with E-state index in [4.69, 9.17) is 4.74 Å². The summed E-state index contributed by atoms with van der Waals surface area (Å²) in [5.41, 5.74) is -0.0493. The molecule has 0 saturated heterocycles. The van der Waals surface area contributed by atoms with E-state index in [1.54, 1.807) is 6.92 Å². The van der Waals surface area contributed by atoms with Crippen LogP contribution in [0.3, 0.4) is 0 Å². The second-order valence-electron chi connectivity index (χ2n) is 6.96. The van der Waals surface area contributed by atoms with Gasteiger partial charge in [0.2, 0.25) is 5.65 Å². The Morgan fingerprint density at radius 2 is 2.03 bits per heavy atom. The van der Waals surface area contributed by atoms with Crippen molar-refractivity contribution in [3.8, 4) is 17.1 Å². The van der Waals surface area contributed by atoms with Gasteiger partial charge < -0.3 is 9.72 Å². The molecule has 0 unspecified atom stereocenters. The molecule has 2 heterocycles.